The lowest BCUT2D eigenvalue weighted by Crippen LogP contribution is -2.52. The van der Waals surface area contributed by atoms with Gasteiger partial charge in [0.1, 0.15) is 0 Å². The molecule has 3 aliphatic rings. The van der Waals surface area contributed by atoms with Gasteiger partial charge in [0.25, 0.3) is 0 Å². The normalized spacial score (nSPS) is 27.8. The summed E-state index contributed by atoms with van der Waals surface area (Å²) in [6, 6.07) is 11.3. The van der Waals surface area contributed by atoms with Crippen LogP contribution in [0.4, 0.5) is 0 Å². The third-order valence-electron chi connectivity index (χ3n) is 7.59. The third-order valence-corrected chi connectivity index (χ3v) is 7.59. The molecular weight excluding hydrogens is 386 g/mol. The van der Waals surface area contributed by atoms with E-state index in [0.717, 1.165) is 45.1 Å². The molecule has 1 saturated carbocycles. The SMILES string of the molecule is CC(C)(C)NC(=O)CN1[C@@H]2CC[C@H]1C[C@H](CNC(=O)C1(c3ccccc3)CCCC1)C2. The number of fused-ring (bicyclic) bond motifs is 2. The van der Waals surface area contributed by atoms with Gasteiger partial charge in [-0.05, 0) is 70.8 Å². The molecule has 2 amide bonds. The number of amides is 2. The fraction of sp³-hybridized carbons (Fsp3) is 0.692. The number of carbonyl (C=O) groups is 2. The third kappa shape index (κ3) is 4.97. The van der Waals surface area contributed by atoms with E-state index in [1.54, 1.807) is 0 Å². The molecule has 0 unspecified atom stereocenters. The number of rotatable bonds is 6. The molecule has 3 fully saturated rings. The Hall–Kier alpha value is -1.88. The lowest BCUT2D eigenvalue weighted by molar-refractivity contribution is -0.127. The molecule has 1 aliphatic carbocycles. The first-order chi connectivity index (χ1) is 14.8. The number of carbonyl (C=O) groups excluding carboxylic acids is 2. The minimum Gasteiger partial charge on any atom is -0.355 e. The maximum absolute atomic E-state index is 13.4. The van der Waals surface area contributed by atoms with Crippen LogP contribution in [-0.4, -0.2) is 47.4 Å². The molecule has 1 aromatic carbocycles. The van der Waals surface area contributed by atoms with Crippen LogP contribution in [0.15, 0.2) is 30.3 Å². The zero-order chi connectivity index (χ0) is 22.1. The Bertz CT molecular complexity index is 766. The predicted octanol–water partition coefficient (Wildman–Crippen LogP) is 3.77. The van der Waals surface area contributed by atoms with Gasteiger partial charge >= 0.3 is 0 Å². The molecule has 170 valence electrons. The van der Waals surface area contributed by atoms with Crippen LogP contribution in [0.1, 0.15) is 77.7 Å². The molecule has 3 atom stereocenters. The van der Waals surface area contributed by atoms with E-state index in [4.69, 9.17) is 0 Å². The largest absolute Gasteiger partial charge is 0.355 e. The van der Waals surface area contributed by atoms with Crippen molar-refractivity contribution >= 4 is 11.8 Å². The fourth-order valence-electron chi connectivity index (χ4n) is 6.22. The van der Waals surface area contributed by atoms with Gasteiger partial charge < -0.3 is 10.6 Å². The lowest BCUT2D eigenvalue weighted by atomic mass is 9.77. The van der Waals surface area contributed by atoms with E-state index in [9.17, 15) is 9.59 Å². The average Bonchev–Trinajstić information content (AvgIpc) is 3.29. The van der Waals surface area contributed by atoms with Crippen molar-refractivity contribution in [2.24, 2.45) is 5.92 Å². The number of nitrogens with one attached hydrogen (secondary N) is 2. The first-order valence-corrected chi connectivity index (χ1v) is 12.2. The lowest BCUT2D eigenvalue weighted by Gasteiger charge is -2.39. The van der Waals surface area contributed by atoms with Crippen LogP contribution < -0.4 is 10.6 Å². The molecule has 2 aliphatic heterocycles. The van der Waals surface area contributed by atoms with Crippen LogP contribution in [0.2, 0.25) is 0 Å². The van der Waals surface area contributed by atoms with Crippen LogP contribution in [0.3, 0.4) is 0 Å². The molecule has 2 saturated heterocycles. The second-order valence-electron chi connectivity index (χ2n) is 11.1. The van der Waals surface area contributed by atoms with Crippen LogP contribution in [-0.2, 0) is 15.0 Å². The van der Waals surface area contributed by atoms with Crippen LogP contribution in [0.5, 0.6) is 0 Å². The molecule has 0 aromatic heterocycles. The zero-order valence-electron chi connectivity index (χ0n) is 19.5. The van der Waals surface area contributed by atoms with E-state index in [0.29, 0.717) is 24.5 Å². The van der Waals surface area contributed by atoms with Gasteiger partial charge in [-0.1, -0.05) is 43.2 Å². The molecular formula is C26H39N3O2. The predicted molar refractivity (Wildman–Crippen MR) is 124 cm³/mol. The molecule has 4 rings (SSSR count). The van der Waals surface area contributed by atoms with E-state index in [1.165, 1.54) is 18.4 Å². The summed E-state index contributed by atoms with van der Waals surface area (Å²) in [4.78, 5) is 28.2. The second kappa shape index (κ2) is 8.93. The van der Waals surface area contributed by atoms with Crippen molar-refractivity contribution in [3.05, 3.63) is 35.9 Å². The van der Waals surface area contributed by atoms with E-state index >= 15 is 0 Å². The summed E-state index contributed by atoms with van der Waals surface area (Å²) >= 11 is 0. The van der Waals surface area contributed by atoms with Gasteiger partial charge in [0.05, 0.1) is 12.0 Å². The highest BCUT2D eigenvalue weighted by Gasteiger charge is 2.44. The molecule has 1 aromatic rings. The van der Waals surface area contributed by atoms with Gasteiger partial charge in [0.15, 0.2) is 0 Å². The first kappa shape index (κ1) is 22.3. The topological polar surface area (TPSA) is 61.4 Å². The van der Waals surface area contributed by atoms with Crippen molar-refractivity contribution in [2.75, 3.05) is 13.1 Å². The number of nitrogens with zero attached hydrogens (tertiary/aromatic N) is 1. The maximum Gasteiger partial charge on any atom is 0.234 e. The number of hydrogen-bond acceptors (Lipinski definition) is 3. The Balaban J connectivity index is 1.33. The molecule has 2 heterocycles. The fourth-order valence-corrected chi connectivity index (χ4v) is 6.22. The highest BCUT2D eigenvalue weighted by molar-refractivity contribution is 5.88. The smallest absolute Gasteiger partial charge is 0.234 e. The van der Waals surface area contributed by atoms with Crippen LogP contribution >= 0.6 is 0 Å². The Morgan fingerprint density at radius 1 is 1.03 bits per heavy atom. The van der Waals surface area contributed by atoms with E-state index in [1.807, 2.05) is 39.0 Å². The number of piperidine rings is 1. The summed E-state index contributed by atoms with van der Waals surface area (Å²) in [5.74, 6) is 0.857. The van der Waals surface area contributed by atoms with Gasteiger partial charge in [0.2, 0.25) is 11.8 Å². The van der Waals surface area contributed by atoms with E-state index in [-0.39, 0.29) is 22.8 Å². The van der Waals surface area contributed by atoms with Crippen molar-refractivity contribution in [3.8, 4) is 0 Å². The molecule has 2 bridgehead atoms. The summed E-state index contributed by atoms with van der Waals surface area (Å²) < 4.78 is 0. The summed E-state index contributed by atoms with van der Waals surface area (Å²) in [7, 11) is 0. The summed E-state index contributed by atoms with van der Waals surface area (Å²) in [6.45, 7) is 7.36. The summed E-state index contributed by atoms with van der Waals surface area (Å²) in [5.41, 5.74) is 0.643. The van der Waals surface area contributed by atoms with Crippen molar-refractivity contribution in [1.82, 2.24) is 15.5 Å². The molecule has 0 radical (unpaired) electrons. The first-order valence-electron chi connectivity index (χ1n) is 12.2. The number of benzene rings is 1. The van der Waals surface area contributed by atoms with Gasteiger partial charge in [-0.25, -0.2) is 0 Å². The minimum atomic E-state index is -0.341. The summed E-state index contributed by atoms with van der Waals surface area (Å²) in [6.07, 6.45) is 8.67. The Morgan fingerprint density at radius 3 is 2.23 bits per heavy atom. The average molecular weight is 426 g/mol. The number of hydrogen-bond donors (Lipinski definition) is 2. The zero-order valence-corrected chi connectivity index (χ0v) is 19.5. The van der Waals surface area contributed by atoms with Crippen molar-refractivity contribution in [3.63, 3.8) is 0 Å². The van der Waals surface area contributed by atoms with Gasteiger partial charge in [0, 0.05) is 24.2 Å². The standard InChI is InChI=1S/C26H39N3O2/c1-25(2,3)28-23(30)18-29-21-11-12-22(29)16-19(15-21)17-27-24(31)26(13-7-8-14-26)20-9-5-4-6-10-20/h4-6,9-10,19,21-22H,7-8,11-18H2,1-3H3,(H,27,31)(H,28,30)/t19-,21-,22+. The maximum atomic E-state index is 13.4. The molecule has 0 spiro atoms. The second-order valence-corrected chi connectivity index (χ2v) is 11.1. The Morgan fingerprint density at radius 2 is 1.65 bits per heavy atom. The highest BCUT2D eigenvalue weighted by atomic mass is 16.2. The quantitative estimate of drug-likeness (QED) is 0.729. The monoisotopic (exact) mass is 425 g/mol. The molecule has 2 N–H and O–H groups in total. The Labute approximate surface area is 187 Å². The molecule has 31 heavy (non-hydrogen) atoms. The molecule has 5 heteroatoms. The summed E-state index contributed by atoms with van der Waals surface area (Å²) in [5, 5.41) is 6.45. The van der Waals surface area contributed by atoms with Crippen LogP contribution in [0.25, 0.3) is 0 Å². The van der Waals surface area contributed by atoms with Crippen LogP contribution in [0, 0.1) is 5.92 Å². The van der Waals surface area contributed by atoms with Crippen molar-refractivity contribution in [1.29, 1.82) is 0 Å². The highest BCUT2D eigenvalue weighted by Crippen LogP contribution is 2.42. The molecule has 5 nitrogen and oxygen atoms in total. The van der Waals surface area contributed by atoms with E-state index in [2.05, 4.69) is 27.7 Å². The minimum absolute atomic E-state index is 0.127. The van der Waals surface area contributed by atoms with Crippen molar-refractivity contribution in [2.45, 2.75) is 95.2 Å². The van der Waals surface area contributed by atoms with E-state index < -0.39 is 0 Å². The van der Waals surface area contributed by atoms with Gasteiger partial charge in [-0.3, -0.25) is 14.5 Å². The van der Waals surface area contributed by atoms with Gasteiger partial charge in [-0.15, -0.1) is 0 Å². The van der Waals surface area contributed by atoms with Crippen molar-refractivity contribution < 1.29 is 9.59 Å². The Kier molecular flexibility index (Phi) is 6.43. The van der Waals surface area contributed by atoms with Gasteiger partial charge in [-0.2, -0.15) is 0 Å².